The van der Waals surface area contributed by atoms with Crippen LogP contribution in [-0.2, 0) is 9.59 Å². The number of hydrogen-bond donors (Lipinski definition) is 2. The molecule has 0 spiro atoms. The predicted octanol–water partition coefficient (Wildman–Crippen LogP) is 0.871. The normalized spacial score (nSPS) is 10.6. The summed E-state index contributed by atoms with van der Waals surface area (Å²) in [7, 11) is 0. The van der Waals surface area contributed by atoms with E-state index in [0.717, 1.165) is 18.2 Å². The van der Waals surface area contributed by atoms with E-state index in [1.165, 1.54) is 17.0 Å². The lowest BCUT2D eigenvalue weighted by molar-refractivity contribution is -0.131. The predicted molar refractivity (Wildman–Crippen MR) is 73.8 cm³/mol. The molecule has 1 aromatic rings. The molecule has 0 saturated heterocycles. The van der Waals surface area contributed by atoms with Gasteiger partial charge >= 0.3 is 5.97 Å². The maximum atomic E-state index is 13.8. The van der Waals surface area contributed by atoms with Gasteiger partial charge in [-0.1, -0.05) is 6.07 Å². The Morgan fingerprint density at radius 1 is 1.38 bits per heavy atom. The zero-order valence-corrected chi connectivity index (χ0v) is 11.4. The molecule has 0 saturated carbocycles. The molecule has 0 radical (unpaired) electrons. The van der Waals surface area contributed by atoms with Crippen molar-refractivity contribution in [3.05, 3.63) is 41.2 Å². The van der Waals surface area contributed by atoms with Crippen molar-refractivity contribution >= 4 is 23.9 Å². The van der Waals surface area contributed by atoms with E-state index in [1.54, 1.807) is 6.92 Å². The van der Waals surface area contributed by atoms with E-state index in [9.17, 15) is 18.8 Å². The average Bonchev–Trinajstić information content (AvgIpc) is 2.42. The summed E-state index contributed by atoms with van der Waals surface area (Å²) in [6.45, 7) is 1.67. The van der Waals surface area contributed by atoms with Gasteiger partial charge in [-0.25, -0.2) is 9.18 Å². The third-order valence-electron chi connectivity index (χ3n) is 2.67. The summed E-state index contributed by atoms with van der Waals surface area (Å²) >= 11 is 0. The summed E-state index contributed by atoms with van der Waals surface area (Å²) < 4.78 is 13.8. The molecule has 0 heterocycles. The first-order chi connectivity index (χ1) is 9.85. The number of aliphatic carboxylic acids is 1. The lowest BCUT2D eigenvalue weighted by Crippen LogP contribution is -2.38. The van der Waals surface area contributed by atoms with Crippen LogP contribution in [0.25, 0.3) is 6.08 Å². The number of nitrogens with zero attached hydrogens (tertiary/aromatic N) is 1. The van der Waals surface area contributed by atoms with E-state index in [4.69, 9.17) is 10.8 Å². The third-order valence-corrected chi connectivity index (χ3v) is 2.67. The number of carboxylic acid groups (broad SMARTS) is 1. The molecule has 0 aromatic heterocycles. The number of halogens is 1. The van der Waals surface area contributed by atoms with Crippen LogP contribution in [0.2, 0.25) is 0 Å². The zero-order valence-electron chi connectivity index (χ0n) is 11.4. The maximum absolute atomic E-state index is 13.8. The fraction of sp³-hybridized carbons (Fsp3) is 0.214. The number of hydrogen-bond acceptors (Lipinski definition) is 3. The topological polar surface area (TPSA) is 101 Å². The lowest BCUT2D eigenvalue weighted by Gasteiger charge is -2.19. The van der Waals surface area contributed by atoms with Gasteiger partial charge in [0.2, 0.25) is 5.91 Å². The molecule has 0 unspecified atom stereocenters. The number of carbonyl (C=O) groups excluding carboxylic acids is 2. The van der Waals surface area contributed by atoms with Crippen LogP contribution in [0, 0.1) is 5.82 Å². The van der Waals surface area contributed by atoms with Crippen molar-refractivity contribution in [3.63, 3.8) is 0 Å². The molecule has 0 aliphatic heterocycles. The summed E-state index contributed by atoms with van der Waals surface area (Å²) in [5.74, 6) is -3.11. The second kappa shape index (κ2) is 7.18. The molecular formula is C14H15FN2O4. The van der Waals surface area contributed by atoms with Crippen molar-refractivity contribution < 1.29 is 23.9 Å². The van der Waals surface area contributed by atoms with Gasteiger partial charge in [-0.05, 0) is 25.1 Å². The highest BCUT2D eigenvalue weighted by Gasteiger charge is 2.17. The molecule has 6 nitrogen and oxygen atoms in total. The molecule has 3 N–H and O–H groups in total. The molecule has 1 rings (SSSR count). The summed E-state index contributed by atoms with van der Waals surface area (Å²) in [6.07, 6.45) is 1.89. The number of likely N-dealkylation sites (N-methyl/N-ethyl adjacent to an activating group) is 1. The first-order valence-electron chi connectivity index (χ1n) is 6.13. The SMILES string of the molecule is CCN(CC(N)=O)C(=O)c1ccc(/C=C/C(=O)O)c(F)c1. The molecule has 7 heteroatoms. The van der Waals surface area contributed by atoms with Gasteiger partial charge in [0.05, 0.1) is 6.54 Å². The fourth-order valence-electron chi connectivity index (χ4n) is 1.65. The monoisotopic (exact) mass is 294 g/mol. The smallest absolute Gasteiger partial charge is 0.328 e. The first-order valence-corrected chi connectivity index (χ1v) is 6.13. The summed E-state index contributed by atoms with van der Waals surface area (Å²) in [6, 6.07) is 3.64. The van der Waals surface area contributed by atoms with E-state index >= 15 is 0 Å². The van der Waals surface area contributed by atoms with Gasteiger partial charge in [-0.2, -0.15) is 0 Å². The maximum Gasteiger partial charge on any atom is 0.328 e. The molecule has 0 bridgehead atoms. The number of carbonyl (C=O) groups is 3. The van der Waals surface area contributed by atoms with E-state index < -0.39 is 23.6 Å². The fourth-order valence-corrected chi connectivity index (χ4v) is 1.65. The Bertz CT molecular complexity index is 599. The Morgan fingerprint density at radius 3 is 2.52 bits per heavy atom. The van der Waals surface area contributed by atoms with Gasteiger partial charge in [0.15, 0.2) is 0 Å². The van der Waals surface area contributed by atoms with Gasteiger partial charge in [0.1, 0.15) is 5.82 Å². The molecule has 2 amide bonds. The summed E-state index contributed by atoms with van der Waals surface area (Å²) in [4.78, 5) is 34.5. The Kier molecular flexibility index (Phi) is 5.59. The van der Waals surface area contributed by atoms with Gasteiger partial charge < -0.3 is 15.7 Å². The van der Waals surface area contributed by atoms with Crippen LogP contribution in [-0.4, -0.2) is 40.9 Å². The number of amides is 2. The molecule has 0 aliphatic carbocycles. The second-order valence-corrected chi connectivity index (χ2v) is 4.19. The van der Waals surface area contributed by atoms with E-state index in [0.29, 0.717) is 0 Å². The van der Waals surface area contributed by atoms with Crippen molar-refractivity contribution in [1.29, 1.82) is 0 Å². The number of rotatable bonds is 6. The number of carboxylic acids is 1. The average molecular weight is 294 g/mol. The van der Waals surface area contributed by atoms with Crippen molar-refractivity contribution in [2.45, 2.75) is 6.92 Å². The Balaban J connectivity index is 2.99. The molecule has 0 atom stereocenters. The van der Waals surface area contributed by atoms with Crippen LogP contribution in [0.15, 0.2) is 24.3 Å². The third kappa shape index (κ3) is 4.72. The highest BCUT2D eigenvalue weighted by Crippen LogP contribution is 2.14. The zero-order chi connectivity index (χ0) is 16.0. The number of nitrogens with two attached hydrogens (primary N) is 1. The van der Waals surface area contributed by atoms with Crippen molar-refractivity contribution in [1.82, 2.24) is 4.90 Å². The number of benzene rings is 1. The van der Waals surface area contributed by atoms with E-state index in [2.05, 4.69) is 0 Å². The standard InChI is InChI=1S/C14H15FN2O4/c1-2-17(8-12(16)18)14(21)10-4-3-9(11(15)7-10)5-6-13(19)20/h3-7H,2,8H2,1H3,(H2,16,18)(H,19,20)/b6-5+. The van der Waals surface area contributed by atoms with Crippen LogP contribution in [0.5, 0.6) is 0 Å². The molecule has 21 heavy (non-hydrogen) atoms. The Morgan fingerprint density at radius 2 is 2.05 bits per heavy atom. The minimum Gasteiger partial charge on any atom is -0.478 e. The van der Waals surface area contributed by atoms with Crippen LogP contribution >= 0.6 is 0 Å². The van der Waals surface area contributed by atoms with Gasteiger partial charge in [-0.3, -0.25) is 9.59 Å². The number of primary amides is 1. The van der Waals surface area contributed by atoms with Crippen LogP contribution in [0.4, 0.5) is 4.39 Å². The first kappa shape index (κ1) is 16.4. The van der Waals surface area contributed by atoms with Crippen LogP contribution in [0.1, 0.15) is 22.8 Å². The van der Waals surface area contributed by atoms with Crippen molar-refractivity contribution in [2.75, 3.05) is 13.1 Å². The second-order valence-electron chi connectivity index (χ2n) is 4.19. The summed E-state index contributed by atoms with van der Waals surface area (Å²) in [5, 5.41) is 8.48. The highest BCUT2D eigenvalue weighted by atomic mass is 19.1. The minimum atomic E-state index is -1.20. The molecule has 0 aliphatic rings. The highest BCUT2D eigenvalue weighted by molar-refractivity contribution is 5.96. The van der Waals surface area contributed by atoms with Crippen LogP contribution < -0.4 is 5.73 Å². The van der Waals surface area contributed by atoms with Gasteiger partial charge in [-0.15, -0.1) is 0 Å². The van der Waals surface area contributed by atoms with E-state index in [-0.39, 0.29) is 24.2 Å². The Hall–Kier alpha value is -2.70. The summed E-state index contributed by atoms with van der Waals surface area (Å²) in [5.41, 5.74) is 5.14. The lowest BCUT2D eigenvalue weighted by atomic mass is 10.1. The molecule has 112 valence electrons. The van der Waals surface area contributed by atoms with Gasteiger partial charge in [0, 0.05) is 23.7 Å². The quantitative estimate of drug-likeness (QED) is 0.760. The largest absolute Gasteiger partial charge is 0.478 e. The minimum absolute atomic E-state index is 0.0481. The Labute approximate surface area is 120 Å². The van der Waals surface area contributed by atoms with Crippen molar-refractivity contribution in [2.24, 2.45) is 5.73 Å². The van der Waals surface area contributed by atoms with Crippen LogP contribution in [0.3, 0.4) is 0 Å². The molecule has 1 aromatic carbocycles. The van der Waals surface area contributed by atoms with Crippen molar-refractivity contribution in [3.8, 4) is 0 Å². The van der Waals surface area contributed by atoms with Gasteiger partial charge in [0.25, 0.3) is 5.91 Å². The van der Waals surface area contributed by atoms with E-state index in [1.807, 2.05) is 0 Å². The molecule has 0 fully saturated rings. The molecular weight excluding hydrogens is 279 g/mol.